The molecule has 3 heterocycles. The zero-order valence-corrected chi connectivity index (χ0v) is 15.0. The molecule has 0 aliphatic heterocycles. The van der Waals surface area contributed by atoms with Gasteiger partial charge in [0.2, 0.25) is 0 Å². The van der Waals surface area contributed by atoms with E-state index in [4.69, 9.17) is 5.11 Å². The van der Waals surface area contributed by atoms with E-state index in [0.29, 0.717) is 22.6 Å². The smallest absolute Gasteiger partial charge is 0.335 e. The Bertz CT molecular complexity index is 1200. The highest BCUT2D eigenvalue weighted by atomic mass is 19.3. The number of pyridine rings is 1. The van der Waals surface area contributed by atoms with Gasteiger partial charge in [0, 0.05) is 24.4 Å². The second-order valence-corrected chi connectivity index (χ2v) is 6.35. The van der Waals surface area contributed by atoms with Crippen LogP contribution in [0.1, 0.15) is 28.0 Å². The monoisotopic (exact) mass is 383 g/mol. The Hall–Kier alpha value is -3.62. The van der Waals surface area contributed by atoms with Gasteiger partial charge in [0.1, 0.15) is 0 Å². The fraction of sp³-hybridized carbons (Fsp3) is 0.158. The Kier molecular flexibility index (Phi) is 4.14. The summed E-state index contributed by atoms with van der Waals surface area (Å²) in [5, 5.41) is 17.8. The van der Waals surface area contributed by atoms with Crippen molar-refractivity contribution in [3.63, 3.8) is 0 Å². The molecule has 9 heteroatoms. The van der Waals surface area contributed by atoms with Crippen LogP contribution in [0.25, 0.3) is 28.0 Å². The summed E-state index contributed by atoms with van der Waals surface area (Å²) in [6.07, 6.45) is 0.545. The molecule has 7 nitrogen and oxygen atoms in total. The number of rotatable bonds is 4. The summed E-state index contributed by atoms with van der Waals surface area (Å²) in [5.74, 6) is -1.05. The summed E-state index contributed by atoms with van der Waals surface area (Å²) >= 11 is 0. The summed E-state index contributed by atoms with van der Waals surface area (Å²) in [6.45, 7) is 1.64. The lowest BCUT2D eigenvalue weighted by Crippen LogP contribution is -2.01. The Morgan fingerprint density at radius 1 is 1.21 bits per heavy atom. The van der Waals surface area contributed by atoms with E-state index in [1.54, 1.807) is 43.2 Å². The van der Waals surface area contributed by atoms with Gasteiger partial charge >= 0.3 is 5.97 Å². The van der Waals surface area contributed by atoms with Gasteiger partial charge in [-0.15, -0.1) is 0 Å². The maximum absolute atomic E-state index is 13.8. The van der Waals surface area contributed by atoms with Crippen LogP contribution in [0.15, 0.2) is 42.7 Å². The molecule has 0 bridgehead atoms. The maximum Gasteiger partial charge on any atom is 0.335 e. The summed E-state index contributed by atoms with van der Waals surface area (Å²) in [6, 6.07) is 7.35. The van der Waals surface area contributed by atoms with Crippen LogP contribution < -0.4 is 0 Å². The first-order valence-corrected chi connectivity index (χ1v) is 8.36. The van der Waals surface area contributed by atoms with E-state index >= 15 is 0 Å². The van der Waals surface area contributed by atoms with Crippen LogP contribution in [-0.4, -0.2) is 35.6 Å². The standard InChI is InChI=1S/C19H15F2N5O2/c1-10-16-14(17(20)21)7-15(12-8-22-25(2)9-12)23-18(16)26(24-10)13-5-3-11(4-6-13)19(27)28/h3-9,17H,1-2H3,(H,27,28). The number of hydrogen-bond acceptors (Lipinski definition) is 4. The molecule has 0 radical (unpaired) electrons. The van der Waals surface area contributed by atoms with Gasteiger partial charge in [-0.25, -0.2) is 23.2 Å². The summed E-state index contributed by atoms with van der Waals surface area (Å²) in [7, 11) is 1.73. The molecule has 0 fully saturated rings. The Balaban J connectivity index is 1.97. The second kappa shape index (κ2) is 6.52. The second-order valence-electron chi connectivity index (χ2n) is 6.35. The molecular formula is C19H15F2N5O2. The molecule has 0 saturated heterocycles. The van der Waals surface area contributed by atoms with Crippen molar-refractivity contribution in [2.75, 3.05) is 0 Å². The van der Waals surface area contributed by atoms with Crippen LogP contribution in [-0.2, 0) is 7.05 Å². The lowest BCUT2D eigenvalue weighted by molar-refractivity contribution is 0.0697. The van der Waals surface area contributed by atoms with Crippen molar-refractivity contribution in [3.8, 4) is 16.9 Å². The van der Waals surface area contributed by atoms with E-state index in [-0.39, 0.29) is 22.2 Å². The summed E-state index contributed by atoms with van der Waals surface area (Å²) in [5.41, 5.74) is 2.15. The summed E-state index contributed by atoms with van der Waals surface area (Å²) in [4.78, 5) is 15.6. The number of benzene rings is 1. The maximum atomic E-state index is 13.8. The molecule has 0 spiro atoms. The first-order chi connectivity index (χ1) is 13.3. The molecular weight excluding hydrogens is 368 g/mol. The average molecular weight is 383 g/mol. The van der Waals surface area contributed by atoms with Crippen molar-refractivity contribution < 1.29 is 18.7 Å². The molecule has 28 heavy (non-hydrogen) atoms. The van der Waals surface area contributed by atoms with E-state index < -0.39 is 12.4 Å². The molecule has 0 aliphatic carbocycles. The molecule has 0 unspecified atom stereocenters. The number of fused-ring (bicyclic) bond motifs is 1. The Morgan fingerprint density at radius 3 is 2.50 bits per heavy atom. The zero-order valence-electron chi connectivity index (χ0n) is 15.0. The third kappa shape index (κ3) is 2.90. The third-order valence-electron chi connectivity index (χ3n) is 4.44. The fourth-order valence-corrected chi connectivity index (χ4v) is 3.12. The molecule has 0 saturated carbocycles. The number of nitrogens with zero attached hydrogens (tertiary/aromatic N) is 5. The predicted octanol–water partition coefficient (Wildman–Crippen LogP) is 3.77. The fourth-order valence-electron chi connectivity index (χ4n) is 3.12. The normalized spacial score (nSPS) is 11.5. The summed E-state index contributed by atoms with van der Waals surface area (Å²) < 4.78 is 30.6. The van der Waals surface area contributed by atoms with Gasteiger partial charge in [-0.3, -0.25) is 4.68 Å². The highest BCUT2D eigenvalue weighted by Gasteiger charge is 2.22. The number of aromatic carboxylic acids is 1. The van der Waals surface area contributed by atoms with Crippen molar-refractivity contribution >= 4 is 17.0 Å². The van der Waals surface area contributed by atoms with Crippen molar-refractivity contribution in [2.24, 2.45) is 7.05 Å². The molecule has 0 atom stereocenters. The number of alkyl halides is 2. The quantitative estimate of drug-likeness (QED) is 0.580. The van der Waals surface area contributed by atoms with Crippen LogP contribution in [0.5, 0.6) is 0 Å². The SMILES string of the molecule is Cc1nn(-c2ccc(C(=O)O)cc2)c2nc(-c3cnn(C)c3)cc(C(F)F)c12. The highest BCUT2D eigenvalue weighted by Crippen LogP contribution is 2.33. The molecule has 0 aliphatic rings. The number of carboxylic acid groups (broad SMARTS) is 1. The molecule has 1 N–H and O–H groups in total. The van der Waals surface area contributed by atoms with E-state index in [0.717, 1.165) is 0 Å². The van der Waals surface area contributed by atoms with Gasteiger partial charge in [0.25, 0.3) is 6.43 Å². The van der Waals surface area contributed by atoms with Crippen molar-refractivity contribution in [1.82, 2.24) is 24.5 Å². The highest BCUT2D eigenvalue weighted by molar-refractivity contribution is 5.88. The average Bonchev–Trinajstić information content (AvgIpc) is 3.24. The van der Waals surface area contributed by atoms with Crippen LogP contribution in [0, 0.1) is 6.92 Å². The van der Waals surface area contributed by atoms with Gasteiger partial charge in [0.15, 0.2) is 5.65 Å². The minimum absolute atomic E-state index is 0.120. The van der Waals surface area contributed by atoms with Gasteiger partial charge in [-0.2, -0.15) is 10.2 Å². The van der Waals surface area contributed by atoms with E-state index in [2.05, 4.69) is 15.2 Å². The van der Waals surface area contributed by atoms with Crippen molar-refractivity contribution in [3.05, 3.63) is 59.5 Å². The van der Waals surface area contributed by atoms with Crippen molar-refractivity contribution in [2.45, 2.75) is 13.3 Å². The van der Waals surface area contributed by atoms with E-state index in [1.165, 1.54) is 22.9 Å². The number of halogens is 2. The van der Waals surface area contributed by atoms with Gasteiger partial charge < -0.3 is 5.11 Å². The van der Waals surface area contributed by atoms with Crippen molar-refractivity contribution in [1.29, 1.82) is 0 Å². The topological polar surface area (TPSA) is 85.8 Å². The lowest BCUT2D eigenvalue weighted by Gasteiger charge is -2.08. The van der Waals surface area contributed by atoms with Crippen LogP contribution >= 0.6 is 0 Å². The molecule has 3 aromatic heterocycles. The zero-order chi connectivity index (χ0) is 20.0. The van der Waals surface area contributed by atoms with Crippen LogP contribution in [0.4, 0.5) is 8.78 Å². The number of aryl methyl sites for hydroxylation is 2. The minimum Gasteiger partial charge on any atom is -0.478 e. The van der Waals surface area contributed by atoms with Crippen LogP contribution in [0.3, 0.4) is 0 Å². The molecule has 4 aromatic rings. The third-order valence-corrected chi connectivity index (χ3v) is 4.44. The number of carboxylic acids is 1. The Labute approximate surface area is 157 Å². The lowest BCUT2D eigenvalue weighted by atomic mass is 10.1. The minimum atomic E-state index is -2.70. The molecule has 0 amide bonds. The first-order valence-electron chi connectivity index (χ1n) is 8.36. The van der Waals surface area contributed by atoms with E-state index in [1.807, 2.05) is 0 Å². The van der Waals surface area contributed by atoms with Gasteiger partial charge in [-0.05, 0) is 37.3 Å². The predicted molar refractivity (Wildman–Crippen MR) is 97.7 cm³/mol. The van der Waals surface area contributed by atoms with Crippen LogP contribution in [0.2, 0.25) is 0 Å². The number of hydrogen-bond donors (Lipinski definition) is 1. The number of aromatic nitrogens is 5. The Morgan fingerprint density at radius 2 is 1.93 bits per heavy atom. The number of carbonyl (C=O) groups is 1. The molecule has 4 rings (SSSR count). The van der Waals surface area contributed by atoms with Gasteiger partial charge in [-0.1, -0.05) is 0 Å². The molecule has 1 aromatic carbocycles. The van der Waals surface area contributed by atoms with E-state index in [9.17, 15) is 13.6 Å². The largest absolute Gasteiger partial charge is 0.478 e. The first kappa shape index (κ1) is 17.8. The van der Waals surface area contributed by atoms with Gasteiger partial charge in [0.05, 0.1) is 34.2 Å². The molecule has 142 valence electrons.